The molecule has 4 unspecified atom stereocenters. The summed E-state index contributed by atoms with van der Waals surface area (Å²) in [6.45, 7) is 0.761. The fraction of sp³-hybridized carbons (Fsp3) is 1.00. The van der Waals surface area contributed by atoms with Crippen LogP contribution >= 0.6 is 0 Å². The van der Waals surface area contributed by atoms with Gasteiger partial charge in [0.15, 0.2) is 0 Å². The van der Waals surface area contributed by atoms with Gasteiger partial charge in [-0.25, -0.2) is 8.42 Å². The van der Waals surface area contributed by atoms with E-state index in [9.17, 15) is 8.42 Å². The molecule has 2 N–H and O–H groups in total. The van der Waals surface area contributed by atoms with E-state index in [1.165, 1.54) is 25.5 Å². The summed E-state index contributed by atoms with van der Waals surface area (Å²) in [5, 5.41) is -0.133. The molecule has 2 aliphatic rings. The van der Waals surface area contributed by atoms with Crippen molar-refractivity contribution in [3.05, 3.63) is 0 Å². The average Bonchev–Trinajstić information content (AvgIpc) is 2.85. The highest BCUT2D eigenvalue weighted by atomic mass is 32.2. The second-order valence-corrected chi connectivity index (χ2v) is 8.76. The van der Waals surface area contributed by atoms with Crippen LogP contribution in [0.4, 0.5) is 0 Å². The van der Waals surface area contributed by atoms with E-state index in [0.29, 0.717) is 18.0 Å². The van der Waals surface area contributed by atoms with Crippen molar-refractivity contribution < 1.29 is 8.42 Å². The Balaban J connectivity index is 2.01. The summed E-state index contributed by atoms with van der Waals surface area (Å²) in [4.78, 5) is 2.45. The smallest absolute Gasteiger partial charge is 0.150 e. The van der Waals surface area contributed by atoms with Crippen LogP contribution in [0, 0.1) is 5.92 Å². The molecule has 5 heteroatoms. The SMILES string of the molecule is CN(C1CCCC(S(C)(=O)=O)C1)C1CCCC1CN. The molecule has 2 fully saturated rings. The molecule has 0 bridgehead atoms. The molecule has 112 valence electrons. The molecule has 0 aromatic rings. The Bertz CT molecular complexity index is 396. The van der Waals surface area contributed by atoms with Gasteiger partial charge in [0, 0.05) is 18.3 Å². The Morgan fingerprint density at radius 3 is 2.47 bits per heavy atom. The van der Waals surface area contributed by atoms with Gasteiger partial charge < -0.3 is 10.6 Å². The van der Waals surface area contributed by atoms with Crippen LogP contribution in [0.3, 0.4) is 0 Å². The zero-order valence-electron chi connectivity index (χ0n) is 12.2. The van der Waals surface area contributed by atoms with Crippen molar-refractivity contribution in [3.63, 3.8) is 0 Å². The lowest BCUT2D eigenvalue weighted by Crippen LogP contribution is -2.47. The third-order valence-electron chi connectivity index (χ3n) is 5.22. The summed E-state index contributed by atoms with van der Waals surface area (Å²) in [6.07, 6.45) is 8.92. The minimum absolute atomic E-state index is 0.133. The van der Waals surface area contributed by atoms with E-state index in [0.717, 1.165) is 32.2 Å². The molecule has 0 aromatic carbocycles. The number of hydrogen-bond donors (Lipinski definition) is 1. The fourth-order valence-corrected chi connectivity index (χ4v) is 5.14. The third-order valence-corrected chi connectivity index (χ3v) is 6.86. The molecule has 0 heterocycles. The molecule has 0 aliphatic heterocycles. The van der Waals surface area contributed by atoms with Gasteiger partial charge in [-0.2, -0.15) is 0 Å². The molecule has 0 radical (unpaired) electrons. The first kappa shape index (κ1) is 15.3. The normalized spacial score (nSPS) is 36.8. The molecule has 2 rings (SSSR count). The highest BCUT2D eigenvalue weighted by Crippen LogP contribution is 2.34. The summed E-state index contributed by atoms with van der Waals surface area (Å²) in [5.74, 6) is 0.601. The molecular weight excluding hydrogens is 260 g/mol. The van der Waals surface area contributed by atoms with E-state index in [1.807, 2.05) is 0 Å². The highest BCUT2D eigenvalue weighted by molar-refractivity contribution is 7.91. The van der Waals surface area contributed by atoms with Gasteiger partial charge in [0.05, 0.1) is 5.25 Å². The number of nitrogens with zero attached hydrogens (tertiary/aromatic N) is 1. The van der Waals surface area contributed by atoms with Crippen LogP contribution in [0.1, 0.15) is 44.9 Å². The molecule has 0 aromatic heterocycles. The van der Waals surface area contributed by atoms with Crippen molar-refractivity contribution in [2.45, 2.75) is 62.3 Å². The van der Waals surface area contributed by atoms with Gasteiger partial charge in [-0.1, -0.05) is 12.8 Å². The van der Waals surface area contributed by atoms with E-state index >= 15 is 0 Å². The summed E-state index contributed by atoms with van der Waals surface area (Å²) >= 11 is 0. The molecular formula is C14H28N2O2S. The van der Waals surface area contributed by atoms with E-state index in [4.69, 9.17) is 5.73 Å². The van der Waals surface area contributed by atoms with Crippen molar-refractivity contribution in [2.24, 2.45) is 11.7 Å². The Kier molecular flexibility index (Phi) is 4.90. The Hall–Kier alpha value is -0.130. The van der Waals surface area contributed by atoms with Gasteiger partial charge in [0.2, 0.25) is 0 Å². The highest BCUT2D eigenvalue weighted by Gasteiger charge is 2.36. The Morgan fingerprint density at radius 2 is 1.84 bits per heavy atom. The number of sulfone groups is 1. The first-order valence-corrected chi connectivity index (χ1v) is 9.49. The minimum atomic E-state index is -2.89. The maximum Gasteiger partial charge on any atom is 0.150 e. The largest absolute Gasteiger partial charge is 0.330 e. The second kappa shape index (κ2) is 6.10. The standard InChI is InChI=1S/C14H28N2O2S/c1-16(14-8-3-5-11(14)10-15)12-6-4-7-13(9-12)19(2,17)18/h11-14H,3-10,15H2,1-2H3. The van der Waals surface area contributed by atoms with E-state index in [-0.39, 0.29) is 5.25 Å². The lowest BCUT2D eigenvalue weighted by atomic mass is 9.91. The van der Waals surface area contributed by atoms with E-state index in [2.05, 4.69) is 11.9 Å². The van der Waals surface area contributed by atoms with E-state index < -0.39 is 9.84 Å². The van der Waals surface area contributed by atoms with Crippen molar-refractivity contribution in [1.82, 2.24) is 4.90 Å². The van der Waals surface area contributed by atoms with Gasteiger partial charge in [0.25, 0.3) is 0 Å². The van der Waals surface area contributed by atoms with Crippen LogP contribution < -0.4 is 5.73 Å². The van der Waals surface area contributed by atoms with E-state index in [1.54, 1.807) is 0 Å². The van der Waals surface area contributed by atoms with Crippen LogP contribution in [0.5, 0.6) is 0 Å². The van der Waals surface area contributed by atoms with Crippen LogP contribution in [-0.2, 0) is 9.84 Å². The van der Waals surface area contributed by atoms with Gasteiger partial charge in [-0.3, -0.25) is 0 Å². The van der Waals surface area contributed by atoms with Gasteiger partial charge >= 0.3 is 0 Å². The predicted octanol–water partition coefficient (Wildman–Crippen LogP) is 1.40. The van der Waals surface area contributed by atoms with Gasteiger partial charge in [0.1, 0.15) is 9.84 Å². The first-order chi connectivity index (χ1) is 8.93. The topological polar surface area (TPSA) is 63.4 Å². The molecule has 4 nitrogen and oxygen atoms in total. The van der Waals surface area contributed by atoms with Crippen molar-refractivity contribution >= 4 is 9.84 Å². The average molecular weight is 288 g/mol. The molecule has 0 spiro atoms. The van der Waals surface area contributed by atoms with Crippen LogP contribution in [-0.4, -0.2) is 50.5 Å². The monoisotopic (exact) mass is 288 g/mol. The molecule has 2 saturated carbocycles. The summed E-state index contributed by atoms with van der Waals surface area (Å²) in [7, 11) is -0.712. The fourth-order valence-electron chi connectivity index (χ4n) is 3.98. The second-order valence-electron chi connectivity index (χ2n) is 6.43. The van der Waals surface area contributed by atoms with Crippen molar-refractivity contribution in [1.29, 1.82) is 0 Å². The van der Waals surface area contributed by atoms with Crippen molar-refractivity contribution in [2.75, 3.05) is 19.8 Å². The van der Waals surface area contributed by atoms with Crippen LogP contribution in [0.15, 0.2) is 0 Å². The number of rotatable bonds is 4. The minimum Gasteiger partial charge on any atom is -0.330 e. The number of hydrogen-bond acceptors (Lipinski definition) is 4. The molecule has 0 amide bonds. The predicted molar refractivity (Wildman–Crippen MR) is 78.8 cm³/mol. The lowest BCUT2D eigenvalue weighted by molar-refractivity contribution is 0.115. The lowest BCUT2D eigenvalue weighted by Gasteiger charge is -2.40. The first-order valence-electron chi connectivity index (χ1n) is 7.54. The Labute approximate surface area is 117 Å². The summed E-state index contributed by atoms with van der Waals surface area (Å²) in [5.41, 5.74) is 5.87. The van der Waals surface area contributed by atoms with Crippen LogP contribution in [0.25, 0.3) is 0 Å². The zero-order valence-corrected chi connectivity index (χ0v) is 13.0. The van der Waals surface area contributed by atoms with Crippen molar-refractivity contribution in [3.8, 4) is 0 Å². The third kappa shape index (κ3) is 3.50. The Morgan fingerprint density at radius 1 is 1.16 bits per heavy atom. The molecule has 19 heavy (non-hydrogen) atoms. The summed E-state index contributed by atoms with van der Waals surface area (Å²) < 4.78 is 23.5. The maximum absolute atomic E-state index is 11.8. The molecule has 0 saturated heterocycles. The maximum atomic E-state index is 11.8. The van der Waals surface area contributed by atoms with Gasteiger partial charge in [-0.05, 0) is 51.6 Å². The zero-order chi connectivity index (χ0) is 14.0. The summed E-state index contributed by atoms with van der Waals surface area (Å²) in [6, 6.07) is 0.985. The van der Waals surface area contributed by atoms with Gasteiger partial charge in [-0.15, -0.1) is 0 Å². The molecule has 4 atom stereocenters. The van der Waals surface area contributed by atoms with Crippen LogP contribution in [0.2, 0.25) is 0 Å². The molecule has 2 aliphatic carbocycles. The number of nitrogens with two attached hydrogens (primary N) is 1. The quantitative estimate of drug-likeness (QED) is 0.849.